The molecular formula is C15H29NO2. The van der Waals surface area contributed by atoms with Gasteiger partial charge in [-0.1, -0.05) is 0 Å². The van der Waals surface area contributed by atoms with E-state index in [1.165, 1.54) is 12.8 Å². The highest BCUT2D eigenvalue weighted by Gasteiger charge is 2.35. The van der Waals surface area contributed by atoms with E-state index in [4.69, 9.17) is 9.47 Å². The molecule has 1 unspecified atom stereocenters. The highest BCUT2D eigenvalue weighted by Crippen LogP contribution is 2.32. The van der Waals surface area contributed by atoms with Crippen LogP contribution in [0.25, 0.3) is 0 Å². The summed E-state index contributed by atoms with van der Waals surface area (Å²) in [6.07, 6.45) is 4.30. The van der Waals surface area contributed by atoms with Gasteiger partial charge in [0.05, 0.1) is 24.4 Å². The third kappa shape index (κ3) is 4.22. The number of nitrogens with zero attached hydrogens (tertiary/aromatic N) is 1. The van der Waals surface area contributed by atoms with Crippen molar-refractivity contribution in [2.75, 3.05) is 19.7 Å². The fourth-order valence-electron chi connectivity index (χ4n) is 2.69. The maximum absolute atomic E-state index is 6.07. The second-order valence-corrected chi connectivity index (χ2v) is 7.39. The molecule has 18 heavy (non-hydrogen) atoms. The molecule has 0 spiro atoms. The molecule has 0 aromatic carbocycles. The van der Waals surface area contributed by atoms with E-state index in [9.17, 15) is 0 Å². The minimum Gasteiger partial charge on any atom is -0.375 e. The van der Waals surface area contributed by atoms with E-state index >= 15 is 0 Å². The molecule has 1 atom stereocenters. The summed E-state index contributed by atoms with van der Waals surface area (Å²) in [5.74, 6) is 0. The van der Waals surface area contributed by atoms with Crippen molar-refractivity contribution in [1.82, 2.24) is 4.90 Å². The molecule has 2 aliphatic rings. The van der Waals surface area contributed by atoms with Crippen LogP contribution in [-0.2, 0) is 9.47 Å². The van der Waals surface area contributed by atoms with Gasteiger partial charge in [0.25, 0.3) is 0 Å². The number of rotatable bonds is 4. The molecule has 1 aliphatic heterocycles. The molecule has 1 aliphatic carbocycles. The predicted octanol–water partition coefficient (Wildman–Crippen LogP) is 2.83. The Bertz CT molecular complexity index is 279. The summed E-state index contributed by atoms with van der Waals surface area (Å²) in [5.41, 5.74) is 0.191. The zero-order valence-corrected chi connectivity index (χ0v) is 12.7. The number of ether oxygens (including phenoxy) is 2. The van der Waals surface area contributed by atoms with Gasteiger partial charge in [-0.3, -0.25) is 4.90 Å². The lowest BCUT2D eigenvalue weighted by molar-refractivity contribution is -0.109. The Kier molecular flexibility index (Phi) is 4.05. The second kappa shape index (κ2) is 5.10. The smallest absolute Gasteiger partial charge is 0.0730 e. The number of hydrogen-bond acceptors (Lipinski definition) is 3. The minimum absolute atomic E-state index is 0.0489. The molecule has 1 saturated carbocycles. The van der Waals surface area contributed by atoms with Crippen LogP contribution in [0, 0.1) is 0 Å². The van der Waals surface area contributed by atoms with Crippen LogP contribution in [0.15, 0.2) is 0 Å². The Morgan fingerprint density at radius 3 is 2.39 bits per heavy atom. The molecule has 2 fully saturated rings. The fourth-order valence-corrected chi connectivity index (χ4v) is 2.69. The Hall–Kier alpha value is -0.120. The lowest BCUT2D eigenvalue weighted by Crippen LogP contribution is -2.52. The summed E-state index contributed by atoms with van der Waals surface area (Å²) in [6, 6.07) is 0. The van der Waals surface area contributed by atoms with E-state index < -0.39 is 0 Å². The molecule has 3 heteroatoms. The average Bonchev–Trinajstić information content (AvgIpc) is 2.99. The standard InChI is InChI=1S/C15H29NO2/c1-14(2,3)16-8-9-17-13(11-16)10-15(4,5)18-12-6-7-12/h12-13H,6-11H2,1-5H3. The Labute approximate surface area is 112 Å². The molecule has 0 aromatic heterocycles. The minimum atomic E-state index is -0.0489. The maximum atomic E-state index is 6.07. The maximum Gasteiger partial charge on any atom is 0.0730 e. The van der Waals surface area contributed by atoms with Gasteiger partial charge in [-0.25, -0.2) is 0 Å². The molecule has 2 rings (SSSR count). The summed E-state index contributed by atoms with van der Waals surface area (Å²) >= 11 is 0. The molecule has 0 radical (unpaired) electrons. The lowest BCUT2D eigenvalue weighted by atomic mass is 9.97. The molecule has 1 saturated heterocycles. The van der Waals surface area contributed by atoms with Crippen molar-refractivity contribution < 1.29 is 9.47 Å². The molecule has 0 N–H and O–H groups in total. The SMILES string of the molecule is CC(C)(CC1CN(C(C)(C)C)CCO1)OC1CC1. The highest BCUT2D eigenvalue weighted by molar-refractivity contribution is 4.87. The monoisotopic (exact) mass is 255 g/mol. The van der Waals surface area contributed by atoms with Crippen LogP contribution in [0.5, 0.6) is 0 Å². The van der Waals surface area contributed by atoms with Crippen LogP contribution in [0.4, 0.5) is 0 Å². The van der Waals surface area contributed by atoms with E-state index in [1.807, 2.05) is 0 Å². The summed E-state index contributed by atoms with van der Waals surface area (Å²) < 4.78 is 12.0. The van der Waals surface area contributed by atoms with E-state index in [0.29, 0.717) is 12.2 Å². The summed E-state index contributed by atoms with van der Waals surface area (Å²) in [7, 11) is 0. The third-order valence-corrected chi connectivity index (χ3v) is 3.82. The quantitative estimate of drug-likeness (QED) is 0.771. The zero-order valence-electron chi connectivity index (χ0n) is 12.7. The first-order chi connectivity index (χ1) is 8.26. The van der Waals surface area contributed by atoms with Crippen molar-refractivity contribution in [3.05, 3.63) is 0 Å². The van der Waals surface area contributed by atoms with Gasteiger partial charge in [0.1, 0.15) is 0 Å². The Morgan fingerprint density at radius 2 is 1.83 bits per heavy atom. The summed E-state index contributed by atoms with van der Waals surface area (Å²) in [5, 5.41) is 0. The normalized spacial score (nSPS) is 27.5. The molecular weight excluding hydrogens is 226 g/mol. The number of morpholine rings is 1. The van der Waals surface area contributed by atoms with E-state index in [2.05, 4.69) is 39.5 Å². The van der Waals surface area contributed by atoms with Gasteiger partial charge < -0.3 is 9.47 Å². The molecule has 0 bridgehead atoms. The van der Waals surface area contributed by atoms with Crippen molar-refractivity contribution in [1.29, 1.82) is 0 Å². The first-order valence-electron chi connectivity index (χ1n) is 7.31. The van der Waals surface area contributed by atoms with Gasteiger partial charge in [0.15, 0.2) is 0 Å². The average molecular weight is 255 g/mol. The molecule has 0 aromatic rings. The number of hydrogen-bond donors (Lipinski definition) is 0. The Balaban J connectivity index is 1.84. The molecule has 0 amide bonds. The largest absolute Gasteiger partial charge is 0.375 e. The van der Waals surface area contributed by atoms with Crippen molar-refractivity contribution >= 4 is 0 Å². The fraction of sp³-hybridized carbons (Fsp3) is 1.00. The second-order valence-electron chi connectivity index (χ2n) is 7.39. The van der Waals surface area contributed by atoms with Crippen molar-refractivity contribution in [3.8, 4) is 0 Å². The highest BCUT2D eigenvalue weighted by atomic mass is 16.5. The van der Waals surface area contributed by atoms with Crippen LogP contribution < -0.4 is 0 Å². The summed E-state index contributed by atoms with van der Waals surface area (Å²) in [4.78, 5) is 2.52. The zero-order chi connectivity index (χ0) is 13.4. The van der Waals surface area contributed by atoms with Crippen LogP contribution in [0.1, 0.15) is 53.9 Å². The van der Waals surface area contributed by atoms with Gasteiger partial charge in [-0.15, -0.1) is 0 Å². The van der Waals surface area contributed by atoms with Crippen molar-refractivity contribution in [2.24, 2.45) is 0 Å². The van der Waals surface area contributed by atoms with Crippen LogP contribution in [-0.4, -0.2) is 47.9 Å². The molecule has 106 valence electrons. The van der Waals surface area contributed by atoms with Crippen LogP contribution >= 0.6 is 0 Å². The topological polar surface area (TPSA) is 21.7 Å². The van der Waals surface area contributed by atoms with E-state index in [0.717, 1.165) is 26.1 Å². The first kappa shape index (κ1) is 14.3. The summed E-state index contributed by atoms with van der Waals surface area (Å²) in [6.45, 7) is 14.2. The van der Waals surface area contributed by atoms with Crippen LogP contribution in [0.2, 0.25) is 0 Å². The van der Waals surface area contributed by atoms with Crippen molar-refractivity contribution in [3.63, 3.8) is 0 Å². The molecule has 1 heterocycles. The predicted molar refractivity (Wildman–Crippen MR) is 73.9 cm³/mol. The molecule has 3 nitrogen and oxygen atoms in total. The van der Waals surface area contributed by atoms with Gasteiger partial charge in [-0.2, -0.15) is 0 Å². The van der Waals surface area contributed by atoms with Gasteiger partial charge in [0, 0.05) is 25.0 Å². The first-order valence-corrected chi connectivity index (χ1v) is 7.31. The van der Waals surface area contributed by atoms with Crippen molar-refractivity contribution in [2.45, 2.75) is 77.2 Å². The van der Waals surface area contributed by atoms with E-state index in [-0.39, 0.29) is 11.1 Å². The van der Waals surface area contributed by atoms with Gasteiger partial charge in [-0.05, 0) is 47.5 Å². The Morgan fingerprint density at radius 1 is 1.17 bits per heavy atom. The van der Waals surface area contributed by atoms with Crippen LogP contribution in [0.3, 0.4) is 0 Å². The van der Waals surface area contributed by atoms with Gasteiger partial charge in [0.2, 0.25) is 0 Å². The van der Waals surface area contributed by atoms with Gasteiger partial charge >= 0.3 is 0 Å². The van der Waals surface area contributed by atoms with E-state index in [1.54, 1.807) is 0 Å². The lowest BCUT2D eigenvalue weighted by Gasteiger charge is -2.43. The third-order valence-electron chi connectivity index (χ3n) is 3.82.